The molecule has 0 saturated carbocycles. The highest BCUT2D eigenvalue weighted by Gasteiger charge is 2.09. The first-order valence-corrected chi connectivity index (χ1v) is 7.82. The fourth-order valence-electron chi connectivity index (χ4n) is 1.68. The Kier molecular flexibility index (Phi) is 5.20. The maximum absolute atomic E-state index is 11.9. The Morgan fingerprint density at radius 1 is 1.19 bits per heavy atom. The molecule has 0 atom stereocenters. The van der Waals surface area contributed by atoms with Crippen LogP contribution in [0.1, 0.15) is 17.0 Å². The Morgan fingerprint density at radius 2 is 1.81 bits per heavy atom. The largest absolute Gasteiger partial charge is 0.324 e. The van der Waals surface area contributed by atoms with Crippen LogP contribution in [-0.2, 0) is 4.79 Å². The number of rotatable bonds is 4. The smallest absolute Gasteiger partial charge is 0.234 e. The summed E-state index contributed by atoms with van der Waals surface area (Å²) in [6.45, 7) is 5.87. The molecule has 0 aliphatic rings. The highest BCUT2D eigenvalue weighted by Crippen LogP contribution is 2.21. The van der Waals surface area contributed by atoms with Gasteiger partial charge in [0.15, 0.2) is 5.16 Å². The van der Waals surface area contributed by atoms with Crippen LogP contribution in [0.2, 0.25) is 5.02 Å². The number of aryl methyl sites for hydroxylation is 2. The number of carbonyl (C=O) groups is 1. The third kappa shape index (κ3) is 4.19. The van der Waals surface area contributed by atoms with Crippen molar-refractivity contribution >= 4 is 35.0 Å². The zero-order valence-corrected chi connectivity index (χ0v) is 13.7. The van der Waals surface area contributed by atoms with Gasteiger partial charge in [0.2, 0.25) is 5.91 Å². The Labute approximate surface area is 133 Å². The van der Waals surface area contributed by atoms with Gasteiger partial charge in [-0.15, -0.1) is 0 Å². The first-order chi connectivity index (χ1) is 9.97. The molecule has 2 aromatic rings. The molecule has 0 aliphatic heterocycles. The second kappa shape index (κ2) is 6.91. The number of carbonyl (C=O) groups excluding carboxylic acids is 1. The lowest BCUT2D eigenvalue weighted by molar-refractivity contribution is -0.113. The molecule has 1 N–H and O–H groups in total. The van der Waals surface area contributed by atoms with Gasteiger partial charge in [-0.05, 0) is 38.5 Å². The lowest BCUT2D eigenvalue weighted by Gasteiger charge is -2.08. The average Bonchev–Trinajstić information content (AvgIpc) is 2.45. The first-order valence-electron chi connectivity index (χ1n) is 6.46. The normalized spacial score (nSPS) is 10.5. The number of hydrogen-bond acceptors (Lipinski definition) is 4. The number of amides is 1. The minimum atomic E-state index is -0.132. The molecule has 0 fully saturated rings. The van der Waals surface area contributed by atoms with E-state index in [0.29, 0.717) is 15.9 Å². The third-order valence-corrected chi connectivity index (χ3v) is 4.27. The average molecular weight is 322 g/mol. The molecule has 1 amide bonds. The van der Waals surface area contributed by atoms with E-state index in [2.05, 4.69) is 15.3 Å². The van der Waals surface area contributed by atoms with Crippen molar-refractivity contribution in [2.24, 2.45) is 0 Å². The highest BCUT2D eigenvalue weighted by molar-refractivity contribution is 7.99. The van der Waals surface area contributed by atoms with Gasteiger partial charge in [0.25, 0.3) is 0 Å². The van der Waals surface area contributed by atoms with Gasteiger partial charge in [-0.1, -0.05) is 35.5 Å². The summed E-state index contributed by atoms with van der Waals surface area (Å²) >= 11 is 7.31. The van der Waals surface area contributed by atoms with Crippen molar-refractivity contribution in [2.75, 3.05) is 11.1 Å². The van der Waals surface area contributed by atoms with Crippen LogP contribution in [0.15, 0.2) is 29.4 Å². The standard InChI is InChI=1S/C15H16ClN3OS/c1-9-10(2)17-15(18-11(9)3)21-8-14(20)19-13-7-5-4-6-12(13)16/h4-7H,8H2,1-3H3,(H,19,20). The van der Waals surface area contributed by atoms with Crippen molar-refractivity contribution in [1.29, 1.82) is 0 Å². The fourth-order valence-corrected chi connectivity index (χ4v) is 2.60. The minimum absolute atomic E-state index is 0.132. The Hall–Kier alpha value is -1.59. The number of halogens is 1. The minimum Gasteiger partial charge on any atom is -0.324 e. The molecule has 1 aromatic carbocycles. The quantitative estimate of drug-likeness (QED) is 0.687. The van der Waals surface area contributed by atoms with Gasteiger partial charge in [0, 0.05) is 11.4 Å². The topological polar surface area (TPSA) is 54.9 Å². The SMILES string of the molecule is Cc1nc(SCC(=O)Nc2ccccc2Cl)nc(C)c1C. The summed E-state index contributed by atoms with van der Waals surface area (Å²) in [6, 6.07) is 7.14. The lowest BCUT2D eigenvalue weighted by Crippen LogP contribution is -2.14. The summed E-state index contributed by atoms with van der Waals surface area (Å²) in [5, 5.41) is 3.91. The molecule has 6 heteroatoms. The van der Waals surface area contributed by atoms with Gasteiger partial charge >= 0.3 is 0 Å². The summed E-state index contributed by atoms with van der Waals surface area (Å²) in [7, 11) is 0. The molecule has 0 bridgehead atoms. The van der Waals surface area contributed by atoms with Crippen molar-refractivity contribution in [3.8, 4) is 0 Å². The molecule has 0 unspecified atom stereocenters. The number of anilines is 1. The van der Waals surface area contributed by atoms with Crippen LogP contribution in [0, 0.1) is 20.8 Å². The first kappa shape index (κ1) is 15.8. The molecule has 0 radical (unpaired) electrons. The van der Waals surface area contributed by atoms with E-state index in [-0.39, 0.29) is 11.7 Å². The Balaban J connectivity index is 1.97. The van der Waals surface area contributed by atoms with Crippen LogP contribution in [0.5, 0.6) is 0 Å². The molecule has 4 nitrogen and oxygen atoms in total. The van der Waals surface area contributed by atoms with Gasteiger partial charge in [0.05, 0.1) is 16.5 Å². The molecule has 21 heavy (non-hydrogen) atoms. The molecule has 1 heterocycles. The van der Waals surface area contributed by atoms with Crippen LogP contribution in [0.25, 0.3) is 0 Å². The van der Waals surface area contributed by atoms with E-state index in [4.69, 9.17) is 11.6 Å². The lowest BCUT2D eigenvalue weighted by atomic mass is 10.2. The van der Waals surface area contributed by atoms with Crippen LogP contribution < -0.4 is 5.32 Å². The van der Waals surface area contributed by atoms with Crippen molar-refractivity contribution in [2.45, 2.75) is 25.9 Å². The van der Waals surface area contributed by atoms with Crippen LogP contribution in [0.4, 0.5) is 5.69 Å². The number of thioether (sulfide) groups is 1. The van der Waals surface area contributed by atoms with E-state index >= 15 is 0 Å². The van der Waals surface area contributed by atoms with E-state index in [1.807, 2.05) is 32.9 Å². The van der Waals surface area contributed by atoms with Crippen LogP contribution in [0.3, 0.4) is 0 Å². The van der Waals surface area contributed by atoms with E-state index in [1.165, 1.54) is 11.8 Å². The van der Waals surface area contributed by atoms with Crippen molar-refractivity contribution in [3.05, 3.63) is 46.2 Å². The second-order valence-electron chi connectivity index (χ2n) is 4.62. The van der Waals surface area contributed by atoms with E-state index < -0.39 is 0 Å². The zero-order chi connectivity index (χ0) is 15.4. The Morgan fingerprint density at radius 3 is 2.43 bits per heavy atom. The number of nitrogens with one attached hydrogen (secondary N) is 1. The molecule has 2 rings (SSSR count). The molecular formula is C15H16ClN3OS. The van der Waals surface area contributed by atoms with Gasteiger partial charge in [-0.25, -0.2) is 9.97 Å². The summed E-state index contributed by atoms with van der Waals surface area (Å²) in [4.78, 5) is 20.7. The summed E-state index contributed by atoms with van der Waals surface area (Å²) in [6.07, 6.45) is 0. The van der Waals surface area contributed by atoms with E-state index in [1.54, 1.807) is 12.1 Å². The summed E-state index contributed by atoms with van der Waals surface area (Å²) in [5.74, 6) is 0.111. The molecular weight excluding hydrogens is 306 g/mol. The summed E-state index contributed by atoms with van der Waals surface area (Å²) in [5.41, 5.74) is 3.58. The third-order valence-electron chi connectivity index (χ3n) is 3.09. The maximum atomic E-state index is 11.9. The van der Waals surface area contributed by atoms with Gasteiger partial charge < -0.3 is 5.32 Å². The number of benzene rings is 1. The number of aromatic nitrogens is 2. The molecule has 0 saturated heterocycles. The van der Waals surface area contributed by atoms with Crippen LogP contribution >= 0.6 is 23.4 Å². The van der Waals surface area contributed by atoms with Gasteiger partial charge in [-0.3, -0.25) is 4.79 Å². The van der Waals surface area contributed by atoms with Crippen LogP contribution in [-0.4, -0.2) is 21.6 Å². The van der Waals surface area contributed by atoms with E-state index in [9.17, 15) is 4.79 Å². The Bertz CT molecular complexity index is 653. The van der Waals surface area contributed by atoms with E-state index in [0.717, 1.165) is 17.0 Å². The molecule has 1 aromatic heterocycles. The number of nitrogens with zero attached hydrogens (tertiary/aromatic N) is 2. The molecule has 0 spiro atoms. The predicted octanol–water partition coefficient (Wildman–Crippen LogP) is 3.79. The van der Waals surface area contributed by atoms with Crippen molar-refractivity contribution < 1.29 is 4.79 Å². The monoisotopic (exact) mass is 321 g/mol. The molecule has 0 aliphatic carbocycles. The number of para-hydroxylation sites is 1. The highest BCUT2D eigenvalue weighted by atomic mass is 35.5. The number of hydrogen-bond donors (Lipinski definition) is 1. The summed E-state index contributed by atoms with van der Waals surface area (Å²) < 4.78 is 0. The molecule has 110 valence electrons. The maximum Gasteiger partial charge on any atom is 0.234 e. The predicted molar refractivity (Wildman–Crippen MR) is 87.0 cm³/mol. The second-order valence-corrected chi connectivity index (χ2v) is 5.97. The fraction of sp³-hybridized carbons (Fsp3) is 0.267. The van der Waals surface area contributed by atoms with Crippen molar-refractivity contribution in [1.82, 2.24) is 9.97 Å². The van der Waals surface area contributed by atoms with Gasteiger partial charge in [0.1, 0.15) is 0 Å². The van der Waals surface area contributed by atoms with Crippen molar-refractivity contribution in [3.63, 3.8) is 0 Å². The van der Waals surface area contributed by atoms with Gasteiger partial charge in [-0.2, -0.15) is 0 Å². The zero-order valence-electron chi connectivity index (χ0n) is 12.1.